The molecule has 0 saturated heterocycles. The molecule has 0 bridgehead atoms. The molecular formula is C23H21N3O4. The Hall–Kier alpha value is -3.71. The number of carbonyl (C=O) groups is 2. The monoisotopic (exact) mass is 403 g/mol. The number of aromatic carboxylic acids is 1. The molecule has 152 valence electrons. The SMILES string of the molecule is Cn1nc(C(=O)CCc2ccc(C(=O)O)cc2)cc1-c1ccc2[nH]c(CO)cc2c1. The number of hydrogen-bond donors (Lipinski definition) is 3. The minimum absolute atomic E-state index is 0.0482. The standard InChI is InChI=1S/C23H21N3O4/c1-26-21(16-7-8-19-17(10-16)11-18(13-27)24-19)12-20(25-26)22(28)9-4-14-2-5-15(6-3-14)23(29)30/h2-3,5-8,10-12,24,27H,4,9,13H2,1H3,(H,29,30). The zero-order valence-electron chi connectivity index (χ0n) is 16.4. The summed E-state index contributed by atoms with van der Waals surface area (Å²) in [6.45, 7) is -0.0482. The maximum Gasteiger partial charge on any atom is 0.335 e. The topological polar surface area (TPSA) is 108 Å². The van der Waals surface area contributed by atoms with E-state index in [0.29, 0.717) is 18.5 Å². The summed E-state index contributed by atoms with van der Waals surface area (Å²) in [6, 6.07) is 16.1. The predicted octanol–water partition coefficient (Wildman–Crippen LogP) is 3.57. The minimum Gasteiger partial charge on any atom is -0.478 e. The van der Waals surface area contributed by atoms with Gasteiger partial charge >= 0.3 is 5.97 Å². The van der Waals surface area contributed by atoms with Crippen LogP contribution < -0.4 is 0 Å². The van der Waals surface area contributed by atoms with E-state index in [1.54, 1.807) is 42.1 Å². The van der Waals surface area contributed by atoms with Gasteiger partial charge in [-0.05, 0) is 48.4 Å². The summed E-state index contributed by atoms with van der Waals surface area (Å²) in [4.78, 5) is 26.7. The second-order valence-electron chi connectivity index (χ2n) is 7.22. The average molecular weight is 403 g/mol. The number of fused-ring (bicyclic) bond motifs is 1. The second kappa shape index (κ2) is 7.96. The van der Waals surface area contributed by atoms with Crippen molar-refractivity contribution in [1.29, 1.82) is 0 Å². The number of nitrogens with one attached hydrogen (secondary N) is 1. The van der Waals surface area contributed by atoms with Gasteiger partial charge < -0.3 is 15.2 Å². The van der Waals surface area contributed by atoms with Crippen LogP contribution in [0.5, 0.6) is 0 Å². The molecule has 3 N–H and O–H groups in total. The number of carboxylic acid groups (broad SMARTS) is 1. The number of hydrogen-bond acceptors (Lipinski definition) is 4. The lowest BCUT2D eigenvalue weighted by molar-refractivity contribution is 0.0696. The average Bonchev–Trinajstić information content (AvgIpc) is 3.34. The molecule has 0 aliphatic heterocycles. The second-order valence-corrected chi connectivity index (χ2v) is 7.22. The summed E-state index contributed by atoms with van der Waals surface area (Å²) in [7, 11) is 1.80. The van der Waals surface area contributed by atoms with Crippen LogP contribution in [0.25, 0.3) is 22.2 Å². The number of aliphatic hydroxyl groups excluding tert-OH is 1. The number of aryl methyl sites for hydroxylation is 2. The summed E-state index contributed by atoms with van der Waals surface area (Å²) in [5, 5.41) is 23.6. The van der Waals surface area contributed by atoms with Gasteiger partial charge in [-0.25, -0.2) is 4.79 Å². The molecular weight excluding hydrogens is 382 g/mol. The Morgan fingerprint density at radius 3 is 2.53 bits per heavy atom. The molecule has 2 aromatic heterocycles. The molecule has 0 radical (unpaired) electrons. The van der Waals surface area contributed by atoms with Crippen molar-refractivity contribution in [2.45, 2.75) is 19.4 Å². The molecule has 0 atom stereocenters. The van der Waals surface area contributed by atoms with Crippen molar-refractivity contribution in [1.82, 2.24) is 14.8 Å². The highest BCUT2D eigenvalue weighted by Gasteiger charge is 2.15. The summed E-state index contributed by atoms with van der Waals surface area (Å²) < 4.78 is 1.69. The Balaban J connectivity index is 1.50. The normalized spacial score (nSPS) is 11.1. The van der Waals surface area contributed by atoms with E-state index < -0.39 is 5.97 Å². The van der Waals surface area contributed by atoms with Crippen LogP contribution in [0, 0.1) is 0 Å². The zero-order chi connectivity index (χ0) is 21.3. The van der Waals surface area contributed by atoms with Gasteiger partial charge in [0.2, 0.25) is 0 Å². The van der Waals surface area contributed by atoms with E-state index in [1.165, 1.54) is 0 Å². The predicted molar refractivity (Wildman–Crippen MR) is 112 cm³/mol. The molecule has 0 saturated carbocycles. The van der Waals surface area contributed by atoms with E-state index in [9.17, 15) is 14.7 Å². The lowest BCUT2D eigenvalue weighted by Gasteiger charge is -2.01. The van der Waals surface area contributed by atoms with Crippen LogP contribution >= 0.6 is 0 Å². The molecule has 0 aliphatic carbocycles. The van der Waals surface area contributed by atoms with Gasteiger partial charge in [0, 0.05) is 35.6 Å². The molecule has 0 spiro atoms. The Bertz CT molecular complexity index is 1240. The Labute approximate surface area is 172 Å². The minimum atomic E-state index is -0.968. The summed E-state index contributed by atoms with van der Waals surface area (Å²) in [6.07, 6.45) is 0.809. The largest absolute Gasteiger partial charge is 0.478 e. The van der Waals surface area contributed by atoms with Crippen molar-refractivity contribution in [2.75, 3.05) is 0 Å². The highest BCUT2D eigenvalue weighted by Crippen LogP contribution is 2.26. The number of carboxylic acids is 1. The molecule has 7 heteroatoms. The maximum atomic E-state index is 12.6. The lowest BCUT2D eigenvalue weighted by atomic mass is 10.0. The first kappa shape index (κ1) is 19.6. The van der Waals surface area contributed by atoms with Gasteiger partial charge in [-0.3, -0.25) is 9.48 Å². The fourth-order valence-corrected chi connectivity index (χ4v) is 3.51. The van der Waals surface area contributed by atoms with Crippen LogP contribution in [0.15, 0.2) is 54.6 Å². The molecule has 30 heavy (non-hydrogen) atoms. The van der Waals surface area contributed by atoms with Crippen LogP contribution in [-0.2, 0) is 20.1 Å². The molecule has 0 aliphatic rings. The molecule has 2 aromatic carbocycles. The third-order valence-electron chi connectivity index (χ3n) is 5.15. The number of ketones is 1. The molecule has 2 heterocycles. The summed E-state index contributed by atoms with van der Waals surface area (Å²) in [5.74, 6) is -1.03. The first-order valence-electron chi connectivity index (χ1n) is 9.57. The van der Waals surface area contributed by atoms with Crippen molar-refractivity contribution in [2.24, 2.45) is 7.05 Å². The highest BCUT2D eigenvalue weighted by atomic mass is 16.4. The molecule has 4 rings (SSSR count). The number of H-pyrrole nitrogens is 1. The first-order valence-corrected chi connectivity index (χ1v) is 9.57. The van der Waals surface area contributed by atoms with Gasteiger partial charge in [0.15, 0.2) is 5.78 Å². The number of Topliss-reactive ketones (excluding diaryl/α,β-unsaturated/α-hetero) is 1. The van der Waals surface area contributed by atoms with Gasteiger partial charge in [-0.1, -0.05) is 18.2 Å². The van der Waals surface area contributed by atoms with Crippen LogP contribution in [0.2, 0.25) is 0 Å². The van der Waals surface area contributed by atoms with Crippen molar-refractivity contribution in [3.8, 4) is 11.3 Å². The highest BCUT2D eigenvalue weighted by molar-refractivity contribution is 5.96. The fraction of sp³-hybridized carbons (Fsp3) is 0.174. The summed E-state index contributed by atoms with van der Waals surface area (Å²) in [5.41, 5.74) is 4.99. The zero-order valence-corrected chi connectivity index (χ0v) is 16.4. The smallest absolute Gasteiger partial charge is 0.335 e. The van der Waals surface area contributed by atoms with Gasteiger partial charge in [0.1, 0.15) is 5.69 Å². The molecule has 0 fully saturated rings. The van der Waals surface area contributed by atoms with Gasteiger partial charge in [-0.2, -0.15) is 5.10 Å². The van der Waals surface area contributed by atoms with Crippen molar-refractivity contribution in [3.63, 3.8) is 0 Å². The van der Waals surface area contributed by atoms with E-state index >= 15 is 0 Å². The number of aliphatic hydroxyl groups is 1. The lowest BCUT2D eigenvalue weighted by Crippen LogP contribution is -2.03. The number of nitrogens with zero attached hydrogens (tertiary/aromatic N) is 2. The van der Waals surface area contributed by atoms with E-state index in [1.807, 2.05) is 24.3 Å². The van der Waals surface area contributed by atoms with Gasteiger partial charge in [-0.15, -0.1) is 0 Å². The maximum absolute atomic E-state index is 12.6. The number of rotatable bonds is 7. The molecule has 0 amide bonds. The van der Waals surface area contributed by atoms with E-state index in [-0.39, 0.29) is 18.0 Å². The van der Waals surface area contributed by atoms with E-state index in [4.69, 9.17) is 5.11 Å². The van der Waals surface area contributed by atoms with Crippen LogP contribution in [0.3, 0.4) is 0 Å². The van der Waals surface area contributed by atoms with Gasteiger partial charge in [0.25, 0.3) is 0 Å². The molecule has 4 aromatic rings. The van der Waals surface area contributed by atoms with Crippen LogP contribution in [0.1, 0.15) is 38.5 Å². The summed E-state index contributed by atoms with van der Waals surface area (Å²) >= 11 is 0. The van der Waals surface area contributed by atoms with Crippen molar-refractivity contribution in [3.05, 3.63) is 77.1 Å². The number of carbonyl (C=O) groups excluding carboxylic acids is 1. The Kier molecular flexibility index (Phi) is 5.20. The molecule has 7 nitrogen and oxygen atoms in total. The van der Waals surface area contributed by atoms with E-state index in [2.05, 4.69) is 10.1 Å². The first-order chi connectivity index (χ1) is 14.4. The number of aromatic amines is 1. The molecule has 0 unspecified atom stereocenters. The third kappa shape index (κ3) is 3.88. The Morgan fingerprint density at radius 1 is 1.07 bits per heavy atom. The quantitative estimate of drug-likeness (QED) is 0.409. The number of benzene rings is 2. The third-order valence-corrected chi connectivity index (χ3v) is 5.15. The van der Waals surface area contributed by atoms with Crippen LogP contribution in [-0.4, -0.2) is 36.7 Å². The van der Waals surface area contributed by atoms with Gasteiger partial charge in [0.05, 0.1) is 17.9 Å². The Morgan fingerprint density at radius 2 is 1.83 bits per heavy atom. The van der Waals surface area contributed by atoms with Crippen molar-refractivity contribution >= 4 is 22.7 Å². The van der Waals surface area contributed by atoms with Crippen molar-refractivity contribution < 1.29 is 19.8 Å². The number of aromatic nitrogens is 3. The van der Waals surface area contributed by atoms with Crippen LogP contribution in [0.4, 0.5) is 0 Å². The van der Waals surface area contributed by atoms with E-state index in [0.717, 1.165) is 33.4 Å². The fourth-order valence-electron chi connectivity index (χ4n) is 3.51.